The van der Waals surface area contributed by atoms with E-state index in [1.165, 1.54) is 11.3 Å². The minimum Gasteiger partial charge on any atom is -0.326 e. The summed E-state index contributed by atoms with van der Waals surface area (Å²) in [4.78, 5) is 25.7. The number of hydrogen-bond acceptors (Lipinski definition) is 5. The summed E-state index contributed by atoms with van der Waals surface area (Å²) < 4.78 is 0. The molecule has 0 bridgehead atoms. The highest BCUT2D eigenvalue weighted by Gasteiger charge is 2.21. The minimum absolute atomic E-state index is 0.151. The number of likely N-dealkylation sites (tertiary alicyclic amines) is 1. The Balaban J connectivity index is 1.70. The number of amides is 2. The van der Waals surface area contributed by atoms with Gasteiger partial charge in [-0.15, -0.1) is 11.3 Å². The number of rotatable bonds is 3. The van der Waals surface area contributed by atoms with E-state index in [1.807, 2.05) is 10.3 Å². The van der Waals surface area contributed by atoms with E-state index in [4.69, 9.17) is 5.73 Å². The molecule has 1 aliphatic heterocycles. The van der Waals surface area contributed by atoms with Crippen molar-refractivity contribution in [1.82, 2.24) is 15.8 Å². The van der Waals surface area contributed by atoms with Gasteiger partial charge in [-0.1, -0.05) is 6.07 Å². The first kappa shape index (κ1) is 13.0. The zero-order valence-electron chi connectivity index (χ0n) is 9.89. The van der Waals surface area contributed by atoms with E-state index >= 15 is 0 Å². The van der Waals surface area contributed by atoms with Crippen molar-refractivity contribution in [2.45, 2.75) is 12.5 Å². The Morgan fingerprint density at radius 3 is 2.94 bits per heavy atom. The molecule has 0 radical (unpaired) electrons. The topological polar surface area (TPSA) is 87.5 Å². The van der Waals surface area contributed by atoms with Crippen molar-refractivity contribution in [2.24, 2.45) is 5.73 Å². The highest BCUT2D eigenvalue weighted by atomic mass is 32.1. The summed E-state index contributed by atoms with van der Waals surface area (Å²) in [6, 6.07) is 3.64. The van der Waals surface area contributed by atoms with Crippen molar-refractivity contribution in [1.29, 1.82) is 0 Å². The van der Waals surface area contributed by atoms with E-state index in [1.54, 1.807) is 12.1 Å². The molecule has 18 heavy (non-hydrogen) atoms. The monoisotopic (exact) mass is 268 g/mol. The summed E-state index contributed by atoms with van der Waals surface area (Å²) in [6.07, 6.45) is 0.912. The molecule has 6 nitrogen and oxygen atoms in total. The van der Waals surface area contributed by atoms with Gasteiger partial charge in [-0.25, -0.2) is 0 Å². The van der Waals surface area contributed by atoms with Crippen LogP contribution in [0.15, 0.2) is 17.5 Å². The third kappa shape index (κ3) is 3.52. The zero-order valence-corrected chi connectivity index (χ0v) is 10.7. The van der Waals surface area contributed by atoms with Crippen molar-refractivity contribution in [3.05, 3.63) is 22.4 Å². The standard InChI is InChI=1S/C11H16N4O2S/c12-8-3-4-15(6-8)7-10(16)13-14-11(17)9-2-1-5-18-9/h1-2,5,8H,3-4,6-7,12H2,(H,13,16)(H,14,17)/t8-/m1/s1. The average Bonchev–Trinajstić information content (AvgIpc) is 2.97. The maximum Gasteiger partial charge on any atom is 0.279 e. The molecule has 1 aliphatic rings. The number of carbonyl (C=O) groups is 2. The van der Waals surface area contributed by atoms with Crippen molar-refractivity contribution in [3.8, 4) is 0 Å². The molecule has 2 rings (SSSR count). The van der Waals surface area contributed by atoms with E-state index in [9.17, 15) is 9.59 Å². The van der Waals surface area contributed by atoms with Crippen molar-refractivity contribution in [3.63, 3.8) is 0 Å². The Bertz CT molecular complexity index is 421. The Morgan fingerprint density at radius 1 is 1.50 bits per heavy atom. The van der Waals surface area contributed by atoms with E-state index in [0.717, 1.165) is 19.5 Å². The maximum absolute atomic E-state index is 11.6. The molecular weight excluding hydrogens is 252 g/mol. The lowest BCUT2D eigenvalue weighted by molar-refractivity contribution is -0.122. The molecule has 7 heteroatoms. The molecule has 0 unspecified atom stereocenters. The van der Waals surface area contributed by atoms with Crippen molar-refractivity contribution < 1.29 is 9.59 Å². The van der Waals surface area contributed by atoms with E-state index in [2.05, 4.69) is 10.9 Å². The van der Waals surface area contributed by atoms with E-state index in [0.29, 0.717) is 4.88 Å². The lowest BCUT2D eigenvalue weighted by Gasteiger charge is -2.14. The predicted molar refractivity (Wildman–Crippen MR) is 69.0 cm³/mol. The molecule has 1 fully saturated rings. The second-order valence-corrected chi connectivity index (χ2v) is 5.21. The van der Waals surface area contributed by atoms with Gasteiger partial charge in [-0.3, -0.25) is 25.3 Å². The van der Waals surface area contributed by atoms with Gasteiger partial charge in [0.05, 0.1) is 11.4 Å². The first-order chi connectivity index (χ1) is 8.65. The predicted octanol–water partition coefficient (Wildman–Crippen LogP) is -0.458. The molecule has 98 valence electrons. The molecule has 4 N–H and O–H groups in total. The second kappa shape index (κ2) is 5.94. The quantitative estimate of drug-likeness (QED) is 0.648. The maximum atomic E-state index is 11.6. The summed E-state index contributed by atoms with van der Waals surface area (Å²) in [5, 5.41) is 1.81. The Hall–Kier alpha value is -1.44. The lowest BCUT2D eigenvalue weighted by Crippen LogP contribution is -2.46. The van der Waals surface area contributed by atoms with Crippen LogP contribution in [0.25, 0.3) is 0 Å². The average molecular weight is 268 g/mol. The van der Waals surface area contributed by atoms with Crippen LogP contribution in [0.3, 0.4) is 0 Å². The Morgan fingerprint density at radius 2 is 2.33 bits per heavy atom. The largest absolute Gasteiger partial charge is 0.326 e. The van der Waals surface area contributed by atoms with Crippen LogP contribution in [0.5, 0.6) is 0 Å². The number of carbonyl (C=O) groups excluding carboxylic acids is 2. The number of hydrazine groups is 1. The Kier molecular flexibility index (Phi) is 4.29. The molecule has 0 aliphatic carbocycles. The van der Waals surface area contributed by atoms with Gasteiger partial charge in [-0.05, 0) is 17.9 Å². The Labute approximate surface area is 109 Å². The van der Waals surface area contributed by atoms with Crippen LogP contribution in [0.4, 0.5) is 0 Å². The molecule has 1 aromatic rings. The van der Waals surface area contributed by atoms with Crippen molar-refractivity contribution in [2.75, 3.05) is 19.6 Å². The van der Waals surface area contributed by atoms with Crippen LogP contribution in [-0.4, -0.2) is 42.4 Å². The molecule has 1 aromatic heterocycles. The molecule has 2 amide bonds. The molecule has 1 saturated heterocycles. The number of nitrogens with one attached hydrogen (secondary N) is 2. The van der Waals surface area contributed by atoms with Gasteiger partial charge in [0.25, 0.3) is 11.8 Å². The summed E-state index contributed by atoms with van der Waals surface area (Å²) in [7, 11) is 0. The summed E-state index contributed by atoms with van der Waals surface area (Å²) in [5.74, 6) is -0.523. The van der Waals surface area contributed by atoms with Crippen LogP contribution >= 0.6 is 11.3 Å². The number of nitrogens with zero attached hydrogens (tertiary/aromatic N) is 1. The second-order valence-electron chi connectivity index (χ2n) is 4.26. The van der Waals surface area contributed by atoms with Crippen LogP contribution < -0.4 is 16.6 Å². The molecule has 0 saturated carbocycles. The van der Waals surface area contributed by atoms with Crippen LogP contribution in [0, 0.1) is 0 Å². The van der Waals surface area contributed by atoms with Gasteiger partial charge in [0, 0.05) is 19.1 Å². The summed E-state index contributed by atoms with van der Waals surface area (Å²) >= 11 is 1.33. The smallest absolute Gasteiger partial charge is 0.279 e. The van der Waals surface area contributed by atoms with E-state index < -0.39 is 0 Å². The van der Waals surface area contributed by atoms with Crippen LogP contribution in [-0.2, 0) is 4.79 Å². The molecule has 1 atom stereocenters. The highest BCUT2D eigenvalue weighted by Crippen LogP contribution is 2.07. The fourth-order valence-electron chi connectivity index (χ4n) is 1.84. The van der Waals surface area contributed by atoms with Gasteiger partial charge in [0.15, 0.2) is 0 Å². The zero-order chi connectivity index (χ0) is 13.0. The fourth-order valence-corrected chi connectivity index (χ4v) is 2.46. The number of thiophene rings is 1. The lowest BCUT2D eigenvalue weighted by atomic mass is 10.3. The van der Waals surface area contributed by atoms with Crippen LogP contribution in [0.1, 0.15) is 16.1 Å². The molecular formula is C11H16N4O2S. The molecule has 0 aromatic carbocycles. The SMILES string of the molecule is N[C@@H]1CCN(CC(=O)NNC(=O)c2cccs2)C1. The van der Waals surface area contributed by atoms with Gasteiger partial charge < -0.3 is 5.73 Å². The van der Waals surface area contributed by atoms with Gasteiger partial charge >= 0.3 is 0 Å². The first-order valence-corrected chi connectivity index (χ1v) is 6.64. The third-order valence-electron chi connectivity index (χ3n) is 2.74. The molecule has 0 spiro atoms. The molecule has 2 heterocycles. The summed E-state index contributed by atoms with van der Waals surface area (Å²) in [6.45, 7) is 1.82. The van der Waals surface area contributed by atoms with Gasteiger partial charge in [0.1, 0.15) is 0 Å². The highest BCUT2D eigenvalue weighted by molar-refractivity contribution is 7.12. The van der Waals surface area contributed by atoms with Gasteiger partial charge in [0.2, 0.25) is 0 Å². The first-order valence-electron chi connectivity index (χ1n) is 5.76. The third-order valence-corrected chi connectivity index (χ3v) is 3.61. The number of nitrogens with two attached hydrogens (primary N) is 1. The van der Waals surface area contributed by atoms with Gasteiger partial charge in [-0.2, -0.15) is 0 Å². The van der Waals surface area contributed by atoms with E-state index in [-0.39, 0.29) is 24.4 Å². The number of hydrogen-bond donors (Lipinski definition) is 3. The fraction of sp³-hybridized carbons (Fsp3) is 0.455. The minimum atomic E-state index is -0.295. The van der Waals surface area contributed by atoms with Crippen LogP contribution in [0.2, 0.25) is 0 Å². The summed E-state index contributed by atoms with van der Waals surface area (Å²) in [5.41, 5.74) is 10.5. The normalized spacial score (nSPS) is 19.7. The van der Waals surface area contributed by atoms with Crippen molar-refractivity contribution >= 4 is 23.2 Å².